The summed E-state index contributed by atoms with van der Waals surface area (Å²) in [6.45, 7) is 1.57. The fraction of sp³-hybridized carbons (Fsp3) is 0.900. The lowest BCUT2D eigenvalue weighted by atomic mass is 10.0. The third-order valence-electron chi connectivity index (χ3n) is 3.45. The molecule has 0 radical (unpaired) electrons. The quantitative estimate of drug-likeness (QED) is 0.745. The van der Waals surface area contributed by atoms with Gasteiger partial charge in [-0.1, -0.05) is 11.8 Å². The van der Waals surface area contributed by atoms with Crippen molar-refractivity contribution in [1.82, 2.24) is 0 Å². The average molecular weight is 248 g/mol. The predicted octanol–water partition coefficient (Wildman–Crippen LogP) is 1.62. The third kappa shape index (κ3) is 2.23. The summed E-state index contributed by atoms with van der Waals surface area (Å²) in [5, 5.41) is -0.0709. The molecule has 2 bridgehead atoms. The van der Waals surface area contributed by atoms with E-state index in [1.165, 1.54) is 11.8 Å². The van der Waals surface area contributed by atoms with Crippen LogP contribution in [-0.2, 0) is 14.6 Å². The summed E-state index contributed by atoms with van der Waals surface area (Å²) in [5.74, 6) is 1.23. The number of hydrogen-bond acceptors (Lipinski definition) is 4. The zero-order valence-corrected chi connectivity index (χ0v) is 10.4. The average Bonchev–Trinajstić information content (AvgIpc) is 2.40. The van der Waals surface area contributed by atoms with Crippen LogP contribution < -0.4 is 0 Å². The SMILES string of the molecule is CC(=O)SCC1CC2CCC(C1)S2(=O)=O. The van der Waals surface area contributed by atoms with Gasteiger partial charge in [0.1, 0.15) is 0 Å². The Morgan fingerprint density at radius 1 is 1.27 bits per heavy atom. The molecule has 2 rings (SSSR count). The van der Waals surface area contributed by atoms with E-state index in [2.05, 4.69) is 0 Å². The second-order valence-electron chi connectivity index (χ2n) is 4.55. The van der Waals surface area contributed by atoms with Crippen LogP contribution in [0.15, 0.2) is 0 Å². The molecule has 15 heavy (non-hydrogen) atoms. The molecule has 0 saturated carbocycles. The van der Waals surface area contributed by atoms with Gasteiger partial charge in [-0.05, 0) is 31.6 Å². The molecular formula is C10H16O3S2. The van der Waals surface area contributed by atoms with Gasteiger partial charge in [-0.25, -0.2) is 8.42 Å². The van der Waals surface area contributed by atoms with Crippen LogP contribution in [0.2, 0.25) is 0 Å². The molecule has 0 amide bonds. The highest BCUT2D eigenvalue weighted by atomic mass is 32.2. The summed E-state index contributed by atoms with van der Waals surface area (Å²) in [6, 6.07) is 0. The van der Waals surface area contributed by atoms with Gasteiger partial charge < -0.3 is 0 Å². The number of carbonyl (C=O) groups excluding carboxylic acids is 1. The maximum Gasteiger partial charge on any atom is 0.185 e. The Hall–Kier alpha value is -0.0300. The van der Waals surface area contributed by atoms with Gasteiger partial charge in [-0.15, -0.1) is 0 Å². The van der Waals surface area contributed by atoms with Crippen molar-refractivity contribution < 1.29 is 13.2 Å². The van der Waals surface area contributed by atoms with Crippen molar-refractivity contribution >= 4 is 26.7 Å². The van der Waals surface area contributed by atoms with Crippen molar-refractivity contribution in [3.8, 4) is 0 Å². The van der Waals surface area contributed by atoms with Crippen LogP contribution in [0.1, 0.15) is 32.6 Å². The van der Waals surface area contributed by atoms with E-state index in [9.17, 15) is 13.2 Å². The number of rotatable bonds is 2. The smallest absolute Gasteiger partial charge is 0.185 e. The summed E-state index contributed by atoms with van der Waals surface area (Å²) >= 11 is 1.34. The molecule has 2 heterocycles. The van der Waals surface area contributed by atoms with Gasteiger partial charge in [-0.3, -0.25) is 4.79 Å². The van der Waals surface area contributed by atoms with Crippen molar-refractivity contribution in [2.24, 2.45) is 5.92 Å². The molecule has 2 saturated heterocycles. The van der Waals surface area contributed by atoms with Crippen molar-refractivity contribution in [2.45, 2.75) is 43.1 Å². The number of carbonyl (C=O) groups is 1. The molecule has 0 aromatic heterocycles. The standard InChI is InChI=1S/C10H16O3S2/c1-7(11)14-6-8-4-9-2-3-10(5-8)15(9,12)13/h8-10H,2-6H2,1H3. The Kier molecular flexibility index (Phi) is 3.12. The lowest BCUT2D eigenvalue weighted by molar-refractivity contribution is -0.109. The van der Waals surface area contributed by atoms with Crippen molar-refractivity contribution in [3.63, 3.8) is 0 Å². The second-order valence-corrected chi connectivity index (χ2v) is 8.26. The van der Waals surface area contributed by atoms with E-state index in [1.54, 1.807) is 6.92 Å². The highest BCUT2D eigenvalue weighted by Gasteiger charge is 2.46. The van der Waals surface area contributed by atoms with Crippen LogP contribution in [0.25, 0.3) is 0 Å². The highest BCUT2D eigenvalue weighted by Crippen LogP contribution is 2.41. The fourth-order valence-electron chi connectivity index (χ4n) is 2.69. The minimum absolute atomic E-state index is 0.103. The number of hydrogen-bond donors (Lipinski definition) is 0. The van der Waals surface area contributed by atoms with Crippen molar-refractivity contribution in [2.75, 3.05) is 5.75 Å². The van der Waals surface area contributed by atoms with E-state index in [0.717, 1.165) is 31.4 Å². The number of fused-ring (bicyclic) bond motifs is 2. The molecule has 0 aliphatic carbocycles. The Morgan fingerprint density at radius 2 is 1.80 bits per heavy atom. The zero-order chi connectivity index (χ0) is 11.1. The summed E-state index contributed by atoms with van der Waals surface area (Å²) in [6.07, 6.45) is 3.24. The van der Waals surface area contributed by atoms with E-state index in [1.807, 2.05) is 0 Å². The van der Waals surface area contributed by atoms with E-state index >= 15 is 0 Å². The lowest BCUT2D eigenvalue weighted by Crippen LogP contribution is -2.33. The summed E-state index contributed by atoms with van der Waals surface area (Å²) in [5.41, 5.74) is 0. The molecule has 0 spiro atoms. The van der Waals surface area contributed by atoms with Gasteiger partial charge >= 0.3 is 0 Å². The van der Waals surface area contributed by atoms with E-state index < -0.39 is 9.84 Å². The molecule has 0 aromatic carbocycles. The van der Waals surface area contributed by atoms with E-state index in [-0.39, 0.29) is 15.6 Å². The first-order valence-electron chi connectivity index (χ1n) is 5.36. The Balaban J connectivity index is 1.97. The van der Waals surface area contributed by atoms with Gasteiger partial charge in [0.2, 0.25) is 0 Å². The summed E-state index contributed by atoms with van der Waals surface area (Å²) in [7, 11) is -2.79. The van der Waals surface area contributed by atoms with Crippen LogP contribution in [0.3, 0.4) is 0 Å². The minimum atomic E-state index is -2.79. The first-order valence-corrected chi connectivity index (χ1v) is 7.95. The van der Waals surface area contributed by atoms with Crippen LogP contribution in [-0.4, -0.2) is 29.8 Å². The maximum atomic E-state index is 11.8. The number of sulfone groups is 1. The van der Waals surface area contributed by atoms with Crippen molar-refractivity contribution in [3.05, 3.63) is 0 Å². The Bertz CT molecular complexity index is 341. The van der Waals surface area contributed by atoms with Crippen LogP contribution in [0.4, 0.5) is 0 Å². The fourth-order valence-corrected chi connectivity index (χ4v) is 5.98. The normalized spacial score (nSPS) is 37.8. The third-order valence-corrected chi connectivity index (χ3v) is 7.21. The molecule has 0 N–H and O–H groups in total. The molecule has 0 aromatic rings. The molecule has 2 fully saturated rings. The first-order chi connectivity index (χ1) is 7.00. The molecule has 2 atom stereocenters. The van der Waals surface area contributed by atoms with Gasteiger partial charge in [0.05, 0.1) is 10.5 Å². The van der Waals surface area contributed by atoms with Gasteiger partial charge in [-0.2, -0.15) is 0 Å². The number of thioether (sulfide) groups is 1. The molecule has 2 aliphatic rings. The summed E-state index contributed by atoms with van der Waals surface area (Å²) in [4.78, 5) is 10.8. The lowest BCUT2D eigenvalue weighted by Gasteiger charge is -2.27. The monoisotopic (exact) mass is 248 g/mol. The van der Waals surface area contributed by atoms with Crippen LogP contribution in [0.5, 0.6) is 0 Å². The van der Waals surface area contributed by atoms with Gasteiger partial charge in [0, 0.05) is 12.7 Å². The topological polar surface area (TPSA) is 51.2 Å². The molecule has 2 unspecified atom stereocenters. The predicted molar refractivity (Wildman–Crippen MR) is 61.6 cm³/mol. The highest BCUT2D eigenvalue weighted by molar-refractivity contribution is 8.13. The van der Waals surface area contributed by atoms with Gasteiger partial charge in [0.25, 0.3) is 0 Å². The molecule has 3 nitrogen and oxygen atoms in total. The minimum Gasteiger partial charge on any atom is -0.288 e. The van der Waals surface area contributed by atoms with Crippen molar-refractivity contribution in [1.29, 1.82) is 0 Å². The zero-order valence-electron chi connectivity index (χ0n) is 8.81. The molecule has 5 heteroatoms. The Morgan fingerprint density at radius 3 is 2.27 bits per heavy atom. The van der Waals surface area contributed by atoms with E-state index in [4.69, 9.17) is 0 Å². The second kappa shape index (κ2) is 4.09. The van der Waals surface area contributed by atoms with E-state index in [0.29, 0.717) is 5.92 Å². The maximum absolute atomic E-state index is 11.8. The summed E-state index contributed by atoms with van der Waals surface area (Å²) < 4.78 is 23.6. The van der Waals surface area contributed by atoms with Gasteiger partial charge in [0.15, 0.2) is 15.0 Å². The first kappa shape index (κ1) is 11.5. The van der Waals surface area contributed by atoms with Crippen LogP contribution in [0, 0.1) is 5.92 Å². The Labute approximate surface area is 94.9 Å². The molecule has 86 valence electrons. The molecule has 2 aliphatic heterocycles. The largest absolute Gasteiger partial charge is 0.288 e. The van der Waals surface area contributed by atoms with Crippen LogP contribution >= 0.6 is 11.8 Å². The molecular weight excluding hydrogens is 232 g/mol.